The predicted molar refractivity (Wildman–Crippen MR) is 26.2 cm³/mol. The average Bonchev–Trinajstić information content (AvgIpc) is 1.69. The van der Waals surface area contributed by atoms with Crippen LogP contribution < -0.4 is 0 Å². The zero-order valence-corrected chi connectivity index (χ0v) is 4.65. The Morgan fingerprint density at radius 2 is 2.43 bits per heavy atom. The van der Waals surface area contributed by atoms with Crippen LogP contribution in [0.3, 0.4) is 0 Å². The van der Waals surface area contributed by atoms with Gasteiger partial charge in [0.1, 0.15) is 12.4 Å². The molecule has 0 aromatic carbocycles. The number of halogens is 1. The monoisotopic (exact) mass is 122 g/mol. The summed E-state index contributed by atoms with van der Waals surface area (Å²) in [4.78, 5) is 0. The van der Waals surface area contributed by atoms with Crippen molar-refractivity contribution in [2.24, 2.45) is 0 Å². The Hall–Kier alpha value is 0.210. The van der Waals surface area contributed by atoms with Gasteiger partial charge in [-0.05, 0) is 0 Å². The Morgan fingerprint density at radius 1 is 1.57 bits per heavy atom. The van der Waals surface area contributed by atoms with Gasteiger partial charge in [0.15, 0.2) is 0 Å². The molecule has 2 nitrogen and oxygen atoms in total. The Bertz CT molecular complexity index is 51.7. The van der Waals surface area contributed by atoms with Crippen LogP contribution in [-0.2, 0) is 9.47 Å². The summed E-state index contributed by atoms with van der Waals surface area (Å²) in [5.74, 6) is 0. The van der Waals surface area contributed by atoms with Gasteiger partial charge >= 0.3 is 0 Å². The van der Waals surface area contributed by atoms with E-state index in [1.165, 1.54) is 0 Å². The first-order valence-corrected chi connectivity index (χ1v) is 2.66. The number of hydrogen-bond donors (Lipinski definition) is 0. The van der Waals surface area contributed by atoms with Crippen molar-refractivity contribution < 1.29 is 9.47 Å². The standard InChI is InChI=1S/C4H7ClO2/c5-4-1-2-6-3-7-4/h4H,1-3H2. The predicted octanol–water partition coefficient (Wildman–Crippen LogP) is 0.946. The first kappa shape index (κ1) is 5.35. The third kappa shape index (κ3) is 1.63. The lowest BCUT2D eigenvalue weighted by Crippen LogP contribution is -2.18. The summed E-state index contributed by atoms with van der Waals surface area (Å²) in [6.07, 6.45) is 0.807. The highest BCUT2D eigenvalue weighted by Gasteiger charge is 2.08. The van der Waals surface area contributed by atoms with Gasteiger partial charge in [-0.3, -0.25) is 0 Å². The van der Waals surface area contributed by atoms with E-state index in [1.54, 1.807) is 0 Å². The highest BCUT2D eigenvalue weighted by Crippen LogP contribution is 2.08. The van der Waals surface area contributed by atoms with Crippen molar-refractivity contribution in [2.75, 3.05) is 13.4 Å². The first-order valence-electron chi connectivity index (χ1n) is 2.23. The normalized spacial score (nSPS) is 33.0. The molecule has 0 amide bonds. The largest absolute Gasteiger partial charge is 0.355 e. The van der Waals surface area contributed by atoms with Gasteiger partial charge in [0, 0.05) is 6.42 Å². The molecule has 1 heterocycles. The van der Waals surface area contributed by atoms with Crippen LogP contribution in [0.15, 0.2) is 0 Å². The highest BCUT2D eigenvalue weighted by molar-refractivity contribution is 6.19. The number of ether oxygens (including phenoxy) is 2. The molecule has 1 rings (SSSR count). The molecule has 42 valence electrons. The molecule has 0 aliphatic carbocycles. The Balaban J connectivity index is 2.12. The zero-order chi connectivity index (χ0) is 5.11. The molecule has 0 aromatic rings. The number of rotatable bonds is 0. The van der Waals surface area contributed by atoms with Crippen LogP contribution in [0.25, 0.3) is 0 Å². The van der Waals surface area contributed by atoms with E-state index < -0.39 is 0 Å². The number of hydrogen-bond acceptors (Lipinski definition) is 2. The van der Waals surface area contributed by atoms with Crippen LogP contribution in [0.4, 0.5) is 0 Å². The maximum Gasteiger partial charge on any atom is 0.148 e. The van der Waals surface area contributed by atoms with Crippen LogP contribution in [0.2, 0.25) is 0 Å². The summed E-state index contributed by atoms with van der Waals surface area (Å²) in [6, 6.07) is 0. The van der Waals surface area contributed by atoms with Crippen LogP contribution in [-0.4, -0.2) is 19.0 Å². The summed E-state index contributed by atoms with van der Waals surface area (Å²) < 4.78 is 9.65. The minimum atomic E-state index is -0.117. The molecule has 1 fully saturated rings. The second-order valence-corrected chi connectivity index (χ2v) is 1.88. The van der Waals surface area contributed by atoms with Crippen molar-refractivity contribution in [3.8, 4) is 0 Å². The minimum absolute atomic E-state index is 0.117. The fourth-order valence-corrected chi connectivity index (χ4v) is 0.581. The van der Waals surface area contributed by atoms with Gasteiger partial charge in [-0.1, -0.05) is 11.6 Å². The van der Waals surface area contributed by atoms with Gasteiger partial charge in [0.2, 0.25) is 0 Å². The molecule has 0 radical (unpaired) electrons. The van der Waals surface area contributed by atoms with Crippen LogP contribution in [0.1, 0.15) is 6.42 Å². The SMILES string of the molecule is ClC1CCOCO1. The van der Waals surface area contributed by atoms with Gasteiger partial charge < -0.3 is 9.47 Å². The summed E-state index contributed by atoms with van der Waals surface area (Å²) >= 11 is 5.51. The Labute approximate surface area is 47.4 Å². The maximum atomic E-state index is 5.51. The Morgan fingerprint density at radius 3 is 2.71 bits per heavy atom. The van der Waals surface area contributed by atoms with E-state index in [0.29, 0.717) is 6.79 Å². The summed E-state index contributed by atoms with van der Waals surface area (Å²) in [5, 5.41) is 0. The lowest BCUT2D eigenvalue weighted by molar-refractivity contribution is -0.112. The minimum Gasteiger partial charge on any atom is -0.355 e. The van der Waals surface area contributed by atoms with Gasteiger partial charge in [-0.2, -0.15) is 0 Å². The molecule has 3 heteroatoms. The lowest BCUT2D eigenvalue weighted by atomic mass is 10.5. The van der Waals surface area contributed by atoms with E-state index >= 15 is 0 Å². The molecular weight excluding hydrogens is 115 g/mol. The van der Waals surface area contributed by atoms with Crippen molar-refractivity contribution in [1.82, 2.24) is 0 Å². The van der Waals surface area contributed by atoms with E-state index in [2.05, 4.69) is 0 Å². The smallest absolute Gasteiger partial charge is 0.148 e. The molecule has 1 saturated heterocycles. The van der Waals surface area contributed by atoms with E-state index in [1.807, 2.05) is 0 Å². The van der Waals surface area contributed by atoms with Gasteiger partial charge in [-0.15, -0.1) is 0 Å². The first-order chi connectivity index (χ1) is 3.39. The van der Waals surface area contributed by atoms with Gasteiger partial charge in [0.05, 0.1) is 6.61 Å². The third-order valence-electron chi connectivity index (χ3n) is 0.821. The molecule has 0 aromatic heterocycles. The molecule has 1 aliphatic rings. The molecule has 0 spiro atoms. The number of alkyl halides is 1. The molecule has 7 heavy (non-hydrogen) atoms. The van der Waals surface area contributed by atoms with Crippen molar-refractivity contribution >= 4 is 11.6 Å². The molecule has 1 aliphatic heterocycles. The fraction of sp³-hybridized carbons (Fsp3) is 1.00. The zero-order valence-electron chi connectivity index (χ0n) is 3.89. The molecule has 1 atom stereocenters. The molecule has 0 bridgehead atoms. The van der Waals surface area contributed by atoms with E-state index in [-0.39, 0.29) is 5.56 Å². The highest BCUT2D eigenvalue weighted by atomic mass is 35.5. The second-order valence-electron chi connectivity index (χ2n) is 1.39. The van der Waals surface area contributed by atoms with Gasteiger partial charge in [-0.25, -0.2) is 0 Å². The van der Waals surface area contributed by atoms with E-state index in [0.717, 1.165) is 13.0 Å². The molecule has 1 unspecified atom stereocenters. The quantitative estimate of drug-likeness (QED) is 0.446. The molecule has 0 N–H and O–H groups in total. The third-order valence-corrected chi connectivity index (χ3v) is 1.17. The fourth-order valence-electron chi connectivity index (χ4n) is 0.440. The topological polar surface area (TPSA) is 18.5 Å². The lowest BCUT2D eigenvalue weighted by Gasteiger charge is -2.16. The second kappa shape index (κ2) is 2.50. The summed E-state index contributed by atoms with van der Waals surface area (Å²) in [6.45, 7) is 1.09. The average molecular weight is 123 g/mol. The van der Waals surface area contributed by atoms with E-state index in [4.69, 9.17) is 21.1 Å². The summed E-state index contributed by atoms with van der Waals surface area (Å²) in [5.41, 5.74) is -0.117. The van der Waals surface area contributed by atoms with E-state index in [9.17, 15) is 0 Å². The van der Waals surface area contributed by atoms with Crippen LogP contribution in [0, 0.1) is 0 Å². The molecular formula is C4H7ClO2. The van der Waals surface area contributed by atoms with Crippen LogP contribution >= 0.6 is 11.6 Å². The summed E-state index contributed by atoms with van der Waals surface area (Å²) in [7, 11) is 0. The van der Waals surface area contributed by atoms with Crippen LogP contribution in [0.5, 0.6) is 0 Å². The van der Waals surface area contributed by atoms with Crippen molar-refractivity contribution in [2.45, 2.75) is 12.0 Å². The van der Waals surface area contributed by atoms with Crippen molar-refractivity contribution in [3.05, 3.63) is 0 Å². The van der Waals surface area contributed by atoms with Crippen molar-refractivity contribution in [3.63, 3.8) is 0 Å². The Kier molecular flexibility index (Phi) is 1.91. The van der Waals surface area contributed by atoms with Gasteiger partial charge in [0.25, 0.3) is 0 Å². The maximum absolute atomic E-state index is 5.51. The van der Waals surface area contributed by atoms with Crippen molar-refractivity contribution in [1.29, 1.82) is 0 Å². The molecule has 0 saturated carbocycles.